The van der Waals surface area contributed by atoms with Crippen LogP contribution in [0.3, 0.4) is 0 Å². The summed E-state index contributed by atoms with van der Waals surface area (Å²) in [6.07, 6.45) is 1.11. The van der Waals surface area contributed by atoms with Crippen molar-refractivity contribution in [2.75, 3.05) is 7.11 Å². The number of aliphatic hydroxyl groups is 1. The molecule has 2 aromatic rings. The normalized spacial score (nSPS) is 12.7. The highest BCUT2D eigenvalue weighted by atomic mass is 19.1. The van der Waals surface area contributed by atoms with Crippen molar-refractivity contribution in [2.45, 2.75) is 32.4 Å². The van der Waals surface area contributed by atoms with Crippen LogP contribution in [0.4, 0.5) is 4.39 Å². The van der Waals surface area contributed by atoms with Gasteiger partial charge in [0.2, 0.25) is 0 Å². The van der Waals surface area contributed by atoms with Crippen LogP contribution in [-0.4, -0.2) is 22.0 Å². The molecule has 4 nitrogen and oxygen atoms in total. The largest absolute Gasteiger partial charge is 0.496 e. The maximum Gasteiger partial charge on any atom is 0.132 e. The average Bonchev–Trinajstić information content (AvgIpc) is 2.86. The van der Waals surface area contributed by atoms with Crippen LogP contribution in [0.5, 0.6) is 5.75 Å². The van der Waals surface area contributed by atoms with Crippen molar-refractivity contribution in [3.05, 3.63) is 47.5 Å². The highest BCUT2D eigenvalue weighted by Crippen LogP contribution is 2.29. The second-order valence-corrected chi connectivity index (χ2v) is 4.96. The average molecular weight is 278 g/mol. The van der Waals surface area contributed by atoms with Gasteiger partial charge in [-0.2, -0.15) is 5.10 Å². The Hall–Kier alpha value is -1.88. The van der Waals surface area contributed by atoms with Crippen LogP contribution in [0.25, 0.3) is 0 Å². The van der Waals surface area contributed by atoms with E-state index < -0.39 is 11.9 Å². The lowest BCUT2D eigenvalue weighted by Crippen LogP contribution is -2.08. The molecule has 0 spiro atoms. The zero-order valence-corrected chi connectivity index (χ0v) is 11.9. The summed E-state index contributed by atoms with van der Waals surface area (Å²) in [6.45, 7) is 4.04. The summed E-state index contributed by atoms with van der Waals surface area (Å²) in [7, 11) is 1.46. The molecule has 0 saturated carbocycles. The van der Waals surface area contributed by atoms with Gasteiger partial charge in [0, 0.05) is 18.7 Å². The van der Waals surface area contributed by atoms with Gasteiger partial charge in [-0.3, -0.25) is 4.68 Å². The molecule has 1 atom stereocenters. The second-order valence-electron chi connectivity index (χ2n) is 4.96. The van der Waals surface area contributed by atoms with Gasteiger partial charge in [0.15, 0.2) is 0 Å². The van der Waals surface area contributed by atoms with Gasteiger partial charge >= 0.3 is 0 Å². The molecule has 5 heteroatoms. The van der Waals surface area contributed by atoms with Crippen LogP contribution in [0.2, 0.25) is 0 Å². The van der Waals surface area contributed by atoms with Crippen molar-refractivity contribution in [3.63, 3.8) is 0 Å². The number of hydrogen-bond donors (Lipinski definition) is 1. The molecule has 1 unspecified atom stereocenters. The van der Waals surface area contributed by atoms with Crippen LogP contribution in [-0.2, 0) is 6.42 Å². The van der Waals surface area contributed by atoms with Gasteiger partial charge in [0.05, 0.1) is 24.5 Å². The molecule has 0 aliphatic heterocycles. The first kappa shape index (κ1) is 14.5. The molecule has 0 amide bonds. The topological polar surface area (TPSA) is 47.3 Å². The van der Waals surface area contributed by atoms with Crippen molar-refractivity contribution in [3.8, 4) is 5.75 Å². The number of halogens is 1. The van der Waals surface area contributed by atoms with Crippen LogP contribution in [0.15, 0.2) is 30.5 Å². The zero-order chi connectivity index (χ0) is 14.7. The van der Waals surface area contributed by atoms with Gasteiger partial charge in [-0.05, 0) is 32.0 Å². The van der Waals surface area contributed by atoms with E-state index in [4.69, 9.17) is 4.74 Å². The number of aromatic nitrogens is 2. The highest BCUT2D eigenvalue weighted by Gasteiger charge is 2.19. The van der Waals surface area contributed by atoms with Gasteiger partial charge in [-0.25, -0.2) is 4.39 Å². The molecule has 2 rings (SSSR count). The Kier molecular flexibility index (Phi) is 4.39. The molecule has 1 aromatic heterocycles. The lowest BCUT2D eigenvalue weighted by Gasteiger charge is -2.14. The van der Waals surface area contributed by atoms with Gasteiger partial charge < -0.3 is 9.84 Å². The fourth-order valence-electron chi connectivity index (χ4n) is 2.09. The first-order valence-electron chi connectivity index (χ1n) is 6.57. The summed E-state index contributed by atoms with van der Waals surface area (Å²) in [6, 6.07) is 6.58. The van der Waals surface area contributed by atoms with E-state index in [9.17, 15) is 9.50 Å². The molecule has 1 aromatic carbocycles. The van der Waals surface area contributed by atoms with Crippen LogP contribution < -0.4 is 4.74 Å². The molecule has 0 radical (unpaired) electrons. The van der Waals surface area contributed by atoms with Crippen LogP contribution in [0, 0.1) is 5.82 Å². The monoisotopic (exact) mass is 278 g/mol. The van der Waals surface area contributed by atoms with Gasteiger partial charge in [0.25, 0.3) is 0 Å². The molecular weight excluding hydrogens is 259 g/mol. The van der Waals surface area contributed by atoms with E-state index in [1.807, 2.05) is 26.1 Å². The molecule has 1 N–H and O–H groups in total. The van der Waals surface area contributed by atoms with E-state index in [0.29, 0.717) is 5.75 Å². The fourth-order valence-corrected chi connectivity index (χ4v) is 2.09. The van der Waals surface area contributed by atoms with Crippen molar-refractivity contribution >= 4 is 0 Å². The molecule has 0 aliphatic rings. The van der Waals surface area contributed by atoms with Crippen molar-refractivity contribution < 1.29 is 14.2 Å². The number of hydrogen-bond acceptors (Lipinski definition) is 3. The third-order valence-corrected chi connectivity index (χ3v) is 3.16. The summed E-state index contributed by atoms with van der Waals surface area (Å²) in [5, 5.41) is 14.6. The Morgan fingerprint density at radius 1 is 1.35 bits per heavy atom. The number of aliphatic hydroxyl groups excluding tert-OH is 1. The fraction of sp³-hybridized carbons (Fsp3) is 0.400. The summed E-state index contributed by atoms with van der Waals surface area (Å²) in [5.74, 6) is -0.124. The Balaban J connectivity index is 2.21. The molecule has 0 aliphatic carbocycles. The summed E-state index contributed by atoms with van der Waals surface area (Å²) in [4.78, 5) is 0. The Morgan fingerprint density at radius 3 is 2.70 bits per heavy atom. The molecule has 0 fully saturated rings. The minimum Gasteiger partial charge on any atom is -0.496 e. The highest BCUT2D eigenvalue weighted by molar-refractivity contribution is 5.36. The van der Waals surface area contributed by atoms with Crippen LogP contribution in [0.1, 0.15) is 37.3 Å². The quantitative estimate of drug-likeness (QED) is 0.914. The minimum absolute atomic E-state index is 0.175. The van der Waals surface area contributed by atoms with E-state index in [1.54, 1.807) is 16.8 Å². The number of nitrogens with zero attached hydrogens (tertiary/aromatic N) is 2. The van der Waals surface area contributed by atoms with E-state index in [0.717, 1.165) is 5.69 Å². The molecule has 0 saturated heterocycles. The first-order valence-corrected chi connectivity index (χ1v) is 6.57. The van der Waals surface area contributed by atoms with E-state index in [-0.39, 0.29) is 18.0 Å². The lowest BCUT2D eigenvalue weighted by atomic mass is 10.0. The van der Waals surface area contributed by atoms with E-state index >= 15 is 0 Å². The summed E-state index contributed by atoms with van der Waals surface area (Å²) >= 11 is 0. The maximum atomic E-state index is 13.9. The number of methoxy groups -OCH3 is 1. The Morgan fingerprint density at radius 2 is 2.10 bits per heavy atom. The van der Waals surface area contributed by atoms with Crippen molar-refractivity contribution in [2.24, 2.45) is 0 Å². The third-order valence-electron chi connectivity index (χ3n) is 3.16. The number of benzene rings is 1. The van der Waals surface area contributed by atoms with Crippen LogP contribution >= 0.6 is 0 Å². The number of rotatable bonds is 5. The predicted molar refractivity (Wildman–Crippen MR) is 74.2 cm³/mol. The molecular formula is C15H19FN2O2. The number of ether oxygens (including phenoxy) is 1. The smallest absolute Gasteiger partial charge is 0.132 e. The predicted octanol–water partition coefficient (Wildman–Crippen LogP) is 2.89. The molecule has 1 heterocycles. The van der Waals surface area contributed by atoms with Gasteiger partial charge in [-0.15, -0.1) is 0 Å². The lowest BCUT2D eigenvalue weighted by molar-refractivity contribution is 0.167. The van der Waals surface area contributed by atoms with E-state index in [1.165, 1.54) is 13.2 Å². The van der Waals surface area contributed by atoms with Crippen molar-refractivity contribution in [1.82, 2.24) is 9.78 Å². The molecule has 20 heavy (non-hydrogen) atoms. The summed E-state index contributed by atoms with van der Waals surface area (Å²) < 4.78 is 20.8. The first-order chi connectivity index (χ1) is 9.52. The summed E-state index contributed by atoms with van der Waals surface area (Å²) in [5.41, 5.74) is 0.894. The minimum atomic E-state index is -0.985. The zero-order valence-electron chi connectivity index (χ0n) is 11.9. The standard InChI is InChI=1S/C15H19FN2O2/c1-10(2)18-8-7-11(17-18)9-13(19)15-12(16)5-4-6-14(15)20-3/h4-8,10,13,19H,9H2,1-3H3. The Labute approximate surface area is 117 Å². The molecule has 0 bridgehead atoms. The van der Waals surface area contributed by atoms with Crippen molar-refractivity contribution in [1.29, 1.82) is 0 Å². The van der Waals surface area contributed by atoms with Gasteiger partial charge in [0.1, 0.15) is 11.6 Å². The molecule has 108 valence electrons. The maximum absolute atomic E-state index is 13.9. The third kappa shape index (κ3) is 2.99. The van der Waals surface area contributed by atoms with E-state index in [2.05, 4.69) is 5.10 Å². The van der Waals surface area contributed by atoms with Gasteiger partial charge in [-0.1, -0.05) is 6.07 Å². The second kappa shape index (κ2) is 6.05. The Bertz CT molecular complexity index is 581. The SMILES string of the molecule is COc1cccc(F)c1C(O)Cc1ccn(C(C)C)n1.